The number of aromatic amines is 1. The fraction of sp³-hybridized carbons (Fsp3) is 0.304. The van der Waals surface area contributed by atoms with Crippen LogP contribution < -0.4 is 5.32 Å². The summed E-state index contributed by atoms with van der Waals surface area (Å²) < 4.78 is 5.14. The smallest absolute Gasteiger partial charge is 0.356 e. The quantitative estimate of drug-likeness (QED) is 0.425. The lowest BCUT2D eigenvalue weighted by atomic mass is 9.96. The molecule has 3 aromatic rings. The molecular formula is C23H25N3O4S. The van der Waals surface area contributed by atoms with E-state index in [-0.39, 0.29) is 24.0 Å². The topological polar surface area (TPSA) is 101 Å². The molecule has 0 aliphatic rings. The number of nitrogens with zero attached hydrogens (tertiary/aromatic N) is 1. The largest absolute Gasteiger partial charge is 0.453 e. The van der Waals surface area contributed by atoms with Crippen LogP contribution in [-0.2, 0) is 16.1 Å². The minimum Gasteiger partial charge on any atom is -0.453 e. The predicted octanol–water partition coefficient (Wildman–Crippen LogP) is 4.15. The number of benzene rings is 1. The van der Waals surface area contributed by atoms with Gasteiger partial charge in [-0.1, -0.05) is 50.6 Å². The minimum atomic E-state index is -0.645. The Kier molecular flexibility index (Phi) is 6.70. The van der Waals surface area contributed by atoms with E-state index in [2.05, 4.69) is 15.5 Å². The Labute approximate surface area is 184 Å². The number of ketones is 1. The molecule has 0 aliphatic heterocycles. The van der Waals surface area contributed by atoms with E-state index in [1.165, 1.54) is 11.3 Å². The van der Waals surface area contributed by atoms with Crippen molar-refractivity contribution in [2.24, 2.45) is 5.41 Å². The molecule has 162 valence electrons. The van der Waals surface area contributed by atoms with E-state index < -0.39 is 11.4 Å². The molecule has 0 saturated carbocycles. The number of aromatic nitrogens is 2. The number of H-pyrrole nitrogens is 1. The first-order valence-corrected chi connectivity index (χ1v) is 10.6. The van der Waals surface area contributed by atoms with E-state index in [1.807, 2.05) is 52.0 Å². The highest BCUT2D eigenvalue weighted by Gasteiger charge is 2.21. The van der Waals surface area contributed by atoms with Crippen LogP contribution in [0.4, 0.5) is 0 Å². The molecule has 31 heavy (non-hydrogen) atoms. The molecule has 0 saturated heterocycles. The van der Waals surface area contributed by atoms with Crippen molar-refractivity contribution in [1.82, 2.24) is 15.5 Å². The third-order valence-electron chi connectivity index (χ3n) is 4.52. The van der Waals surface area contributed by atoms with Gasteiger partial charge in [-0.3, -0.25) is 14.7 Å². The summed E-state index contributed by atoms with van der Waals surface area (Å²) in [5, 5.41) is 9.63. The van der Waals surface area contributed by atoms with Gasteiger partial charge in [0.15, 0.2) is 6.61 Å². The molecule has 8 heteroatoms. The first kappa shape index (κ1) is 22.4. The fourth-order valence-corrected chi connectivity index (χ4v) is 3.51. The van der Waals surface area contributed by atoms with Crippen molar-refractivity contribution < 1.29 is 19.1 Å². The van der Waals surface area contributed by atoms with Gasteiger partial charge in [-0.05, 0) is 25.1 Å². The number of hydrogen-bond donors (Lipinski definition) is 2. The van der Waals surface area contributed by atoms with Gasteiger partial charge >= 0.3 is 5.97 Å². The number of carbonyl (C=O) groups excluding carboxylic acids is 3. The van der Waals surface area contributed by atoms with Gasteiger partial charge in [0, 0.05) is 15.9 Å². The molecule has 3 rings (SSSR count). The molecule has 1 amide bonds. The zero-order valence-electron chi connectivity index (χ0n) is 17.9. The highest BCUT2D eigenvalue weighted by atomic mass is 32.1. The van der Waals surface area contributed by atoms with Crippen LogP contribution in [0, 0.1) is 12.3 Å². The number of thiophene rings is 1. The van der Waals surface area contributed by atoms with Gasteiger partial charge < -0.3 is 10.1 Å². The average molecular weight is 440 g/mol. The van der Waals surface area contributed by atoms with Crippen molar-refractivity contribution in [3.8, 4) is 11.3 Å². The molecule has 0 aliphatic carbocycles. The zero-order valence-corrected chi connectivity index (χ0v) is 18.8. The molecule has 0 atom stereocenters. The van der Waals surface area contributed by atoms with Crippen molar-refractivity contribution >= 4 is 29.0 Å². The Hall–Kier alpha value is -3.26. The maximum atomic E-state index is 12.4. The number of esters is 1. The second-order valence-electron chi connectivity index (χ2n) is 8.23. The average Bonchev–Trinajstić information content (AvgIpc) is 3.40. The van der Waals surface area contributed by atoms with Crippen molar-refractivity contribution in [3.63, 3.8) is 0 Å². The van der Waals surface area contributed by atoms with Gasteiger partial charge in [0.05, 0.1) is 17.1 Å². The first-order chi connectivity index (χ1) is 14.6. The second kappa shape index (κ2) is 9.26. The summed E-state index contributed by atoms with van der Waals surface area (Å²) in [7, 11) is 0. The summed E-state index contributed by atoms with van der Waals surface area (Å²) in [6.45, 7) is 7.48. The molecule has 0 spiro atoms. The van der Waals surface area contributed by atoms with Crippen molar-refractivity contribution in [2.75, 3.05) is 6.61 Å². The van der Waals surface area contributed by atoms with Gasteiger partial charge in [-0.2, -0.15) is 5.10 Å². The van der Waals surface area contributed by atoms with E-state index in [0.717, 1.165) is 16.0 Å². The highest BCUT2D eigenvalue weighted by Crippen LogP contribution is 2.20. The normalized spacial score (nSPS) is 11.2. The van der Waals surface area contributed by atoms with Crippen molar-refractivity contribution in [2.45, 2.75) is 34.2 Å². The summed E-state index contributed by atoms with van der Waals surface area (Å²) >= 11 is 1.27. The number of rotatable bonds is 7. The van der Waals surface area contributed by atoms with E-state index in [4.69, 9.17) is 4.74 Å². The lowest BCUT2D eigenvalue weighted by molar-refractivity contribution is -0.128. The summed E-state index contributed by atoms with van der Waals surface area (Å²) in [5.74, 6) is -1.01. The molecule has 2 N–H and O–H groups in total. The molecule has 2 heterocycles. The molecule has 0 unspecified atom stereocenters. The van der Waals surface area contributed by atoms with Crippen LogP contribution in [0.3, 0.4) is 0 Å². The summed E-state index contributed by atoms with van der Waals surface area (Å²) in [4.78, 5) is 37.9. The van der Waals surface area contributed by atoms with Crippen LogP contribution >= 0.6 is 11.3 Å². The fourth-order valence-electron chi connectivity index (χ4n) is 2.63. The zero-order chi connectivity index (χ0) is 22.6. The monoisotopic (exact) mass is 439 g/mol. The summed E-state index contributed by atoms with van der Waals surface area (Å²) in [5.41, 5.74) is 2.34. The van der Waals surface area contributed by atoms with Crippen LogP contribution in [0.15, 0.2) is 42.5 Å². The number of carbonyl (C=O) groups is 3. The van der Waals surface area contributed by atoms with Gasteiger partial charge in [-0.25, -0.2) is 4.79 Å². The number of amides is 1. The molecule has 0 radical (unpaired) electrons. The maximum Gasteiger partial charge on any atom is 0.356 e. The molecule has 1 aromatic carbocycles. The van der Waals surface area contributed by atoms with Gasteiger partial charge in [0.2, 0.25) is 11.7 Å². The Morgan fingerprint density at radius 2 is 1.81 bits per heavy atom. The van der Waals surface area contributed by atoms with Crippen LogP contribution in [-0.4, -0.2) is 34.5 Å². The molecule has 0 fully saturated rings. The van der Waals surface area contributed by atoms with E-state index in [0.29, 0.717) is 17.1 Å². The molecule has 0 bridgehead atoms. The number of aryl methyl sites for hydroxylation is 1. The third kappa shape index (κ3) is 5.88. The number of ether oxygens (including phenoxy) is 1. The molecule has 2 aromatic heterocycles. The third-order valence-corrected chi connectivity index (χ3v) is 5.65. The Morgan fingerprint density at radius 1 is 1.10 bits per heavy atom. The Balaban J connectivity index is 1.53. The molecule has 7 nitrogen and oxygen atoms in total. The Bertz CT molecular complexity index is 1090. The van der Waals surface area contributed by atoms with E-state index in [1.54, 1.807) is 18.2 Å². The number of hydrogen-bond acceptors (Lipinski definition) is 6. The van der Waals surface area contributed by atoms with Crippen LogP contribution in [0.25, 0.3) is 11.3 Å². The van der Waals surface area contributed by atoms with Crippen LogP contribution in [0.1, 0.15) is 51.4 Å². The lowest BCUT2D eigenvalue weighted by Gasteiger charge is -2.17. The standard InChI is InChI=1S/C23H25N3O4S/c1-14-5-7-15(8-6-14)17-11-18(26-25-17)21(28)30-13-19(27)20-10-9-16(31-20)12-24-22(29)23(2,3)4/h5-11H,12-13H2,1-4H3,(H,24,29)(H,25,26). The Morgan fingerprint density at radius 3 is 2.48 bits per heavy atom. The van der Waals surface area contributed by atoms with Crippen LogP contribution in [0.5, 0.6) is 0 Å². The highest BCUT2D eigenvalue weighted by molar-refractivity contribution is 7.14. The number of nitrogens with one attached hydrogen (secondary N) is 2. The van der Waals surface area contributed by atoms with Crippen LogP contribution in [0.2, 0.25) is 0 Å². The lowest BCUT2D eigenvalue weighted by Crippen LogP contribution is -2.34. The van der Waals surface area contributed by atoms with Gasteiger partial charge in [-0.15, -0.1) is 11.3 Å². The van der Waals surface area contributed by atoms with Crippen molar-refractivity contribution in [3.05, 3.63) is 63.5 Å². The minimum absolute atomic E-state index is 0.0627. The van der Waals surface area contributed by atoms with E-state index in [9.17, 15) is 14.4 Å². The van der Waals surface area contributed by atoms with Gasteiger partial charge in [0.1, 0.15) is 5.69 Å². The van der Waals surface area contributed by atoms with Gasteiger partial charge in [0.25, 0.3) is 0 Å². The van der Waals surface area contributed by atoms with E-state index >= 15 is 0 Å². The SMILES string of the molecule is Cc1ccc(-c2cc(C(=O)OCC(=O)c3ccc(CNC(=O)C(C)(C)C)s3)[nH]n2)cc1. The number of Topliss-reactive ketones (excluding diaryl/α,β-unsaturated/α-hetero) is 1. The predicted molar refractivity (Wildman–Crippen MR) is 119 cm³/mol. The summed E-state index contributed by atoms with van der Waals surface area (Å²) in [6, 6.07) is 12.8. The second-order valence-corrected chi connectivity index (χ2v) is 9.40. The summed E-state index contributed by atoms with van der Waals surface area (Å²) in [6.07, 6.45) is 0. The first-order valence-electron chi connectivity index (χ1n) is 9.83. The molecular weight excluding hydrogens is 414 g/mol. The van der Waals surface area contributed by atoms with Crippen molar-refractivity contribution in [1.29, 1.82) is 0 Å². The maximum absolute atomic E-state index is 12.4.